The predicted octanol–water partition coefficient (Wildman–Crippen LogP) is 4.10. The maximum Gasteiger partial charge on any atom is 0.258 e. The van der Waals surface area contributed by atoms with Crippen LogP contribution in [0.15, 0.2) is 66.7 Å². The van der Waals surface area contributed by atoms with E-state index in [9.17, 15) is 4.79 Å². The summed E-state index contributed by atoms with van der Waals surface area (Å²) in [5.41, 5.74) is 11.2. The number of fused-ring (bicyclic) bond motifs is 1. The van der Waals surface area contributed by atoms with Crippen LogP contribution in [0.25, 0.3) is 11.3 Å². The number of benzene rings is 3. The molecule has 0 fully saturated rings. The number of nitrogens with two attached hydrogens (primary N) is 1. The summed E-state index contributed by atoms with van der Waals surface area (Å²) in [7, 11) is 3.15. The normalized spacial score (nSPS) is 14.0. The zero-order chi connectivity index (χ0) is 21.1. The van der Waals surface area contributed by atoms with Crippen molar-refractivity contribution in [2.75, 3.05) is 24.9 Å². The fourth-order valence-corrected chi connectivity index (χ4v) is 3.50. The Labute approximate surface area is 175 Å². The van der Waals surface area contributed by atoms with Gasteiger partial charge in [0.25, 0.3) is 5.91 Å². The lowest BCUT2D eigenvalue weighted by Crippen LogP contribution is -2.10. The van der Waals surface area contributed by atoms with Crippen molar-refractivity contribution < 1.29 is 14.3 Å². The molecule has 3 aromatic rings. The van der Waals surface area contributed by atoms with E-state index in [1.165, 1.54) is 0 Å². The van der Waals surface area contributed by atoms with E-state index in [2.05, 4.69) is 10.6 Å². The molecule has 0 radical (unpaired) electrons. The van der Waals surface area contributed by atoms with Gasteiger partial charge in [-0.25, -0.2) is 0 Å². The Morgan fingerprint density at radius 3 is 2.27 bits per heavy atom. The van der Waals surface area contributed by atoms with E-state index < -0.39 is 0 Å². The highest BCUT2D eigenvalue weighted by molar-refractivity contribution is 6.37. The van der Waals surface area contributed by atoms with E-state index >= 15 is 0 Å². The van der Waals surface area contributed by atoms with Crippen LogP contribution in [0.3, 0.4) is 0 Å². The fraction of sp³-hybridized carbons (Fsp3) is 0.125. The monoisotopic (exact) mass is 401 g/mol. The van der Waals surface area contributed by atoms with Gasteiger partial charge in [-0.05, 0) is 29.3 Å². The number of methoxy groups -OCH3 is 2. The van der Waals surface area contributed by atoms with Crippen LogP contribution in [0.2, 0.25) is 0 Å². The van der Waals surface area contributed by atoms with Crippen molar-refractivity contribution in [2.24, 2.45) is 5.73 Å². The number of carbonyl (C=O) groups is 1. The molecule has 6 nitrogen and oxygen atoms in total. The molecule has 1 amide bonds. The van der Waals surface area contributed by atoms with Crippen LogP contribution < -0.4 is 25.8 Å². The average Bonchev–Trinajstić information content (AvgIpc) is 3.11. The third-order valence-electron chi connectivity index (χ3n) is 5.04. The quantitative estimate of drug-likeness (QED) is 0.542. The van der Waals surface area contributed by atoms with Gasteiger partial charge in [0.2, 0.25) is 0 Å². The van der Waals surface area contributed by atoms with Crippen LogP contribution >= 0.6 is 0 Å². The highest BCUT2D eigenvalue weighted by Crippen LogP contribution is 2.43. The van der Waals surface area contributed by atoms with Crippen LogP contribution in [0.5, 0.6) is 11.5 Å². The molecule has 0 saturated carbocycles. The van der Waals surface area contributed by atoms with E-state index in [1.807, 2.05) is 60.7 Å². The molecule has 1 aliphatic heterocycles. The molecule has 0 unspecified atom stereocenters. The third kappa shape index (κ3) is 3.60. The SMILES string of the molecule is COc1cc2c(cc1OC)/C(=C(/Nc1ccc(CN)cc1)c1ccccc1)C(=O)N2. The molecular formula is C24H23N3O3. The van der Waals surface area contributed by atoms with Gasteiger partial charge < -0.3 is 25.8 Å². The van der Waals surface area contributed by atoms with Crippen molar-refractivity contribution in [2.45, 2.75) is 6.54 Å². The highest BCUT2D eigenvalue weighted by Gasteiger charge is 2.30. The third-order valence-corrected chi connectivity index (χ3v) is 5.04. The minimum absolute atomic E-state index is 0.190. The number of nitrogens with one attached hydrogen (secondary N) is 2. The summed E-state index contributed by atoms with van der Waals surface area (Å²) < 4.78 is 10.8. The predicted molar refractivity (Wildman–Crippen MR) is 119 cm³/mol. The first-order valence-electron chi connectivity index (χ1n) is 9.58. The molecule has 4 rings (SSSR count). The summed E-state index contributed by atoms with van der Waals surface area (Å²) in [6.45, 7) is 0.477. The second-order valence-electron chi connectivity index (χ2n) is 6.85. The number of amides is 1. The number of ether oxygens (including phenoxy) is 2. The minimum atomic E-state index is -0.190. The van der Waals surface area contributed by atoms with Gasteiger partial charge in [0, 0.05) is 23.9 Å². The summed E-state index contributed by atoms with van der Waals surface area (Å²) in [4.78, 5) is 13.0. The van der Waals surface area contributed by atoms with Crippen LogP contribution in [0.1, 0.15) is 16.7 Å². The number of carbonyl (C=O) groups excluding carboxylic acids is 1. The summed E-state index contributed by atoms with van der Waals surface area (Å²) in [5, 5.41) is 6.37. The molecular weight excluding hydrogens is 378 g/mol. The zero-order valence-corrected chi connectivity index (χ0v) is 16.9. The Morgan fingerprint density at radius 1 is 0.967 bits per heavy atom. The van der Waals surface area contributed by atoms with Gasteiger partial charge in [-0.3, -0.25) is 4.79 Å². The molecule has 3 aromatic carbocycles. The summed E-state index contributed by atoms with van der Waals surface area (Å²) in [6, 6.07) is 21.2. The van der Waals surface area contributed by atoms with Crippen molar-refractivity contribution in [3.8, 4) is 11.5 Å². The Kier molecular flexibility index (Phi) is 5.41. The molecule has 0 aliphatic carbocycles. The zero-order valence-electron chi connectivity index (χ0n) is 16.9. The molecule has 0 saturated heterocycles. The van der Waals surface area contributed by atoms with Gasteiger partial charge in [-0.1, -0.05) is 42.5 Å². The van der Waals surface area contributed by atoms with Gasteiger partial charge in [-0.2, -0.15) is 0 Å². The number of rotatable bonds is 6. The van der Waals surface area contributed by atoms with Crippen LogP contribution in [0.4, 0.5) is 11.4 Å². The Balaban J connectivity index is 1.89. The first-order valence-corrected chi connectivity index (χ1v) is 9.58. The largest absolute Gasteiger partial charge is 0.493 e. The smallest absolute Gasteiger partial charge is 0.258 e. The van der Waals surface area contributed by atoms with Crippen LogP contribution in [-0.4, -0.2) is 20.1 Å². The first kappa shape index (κ1) is 19.5. The Hall–Kier alpha value is -3.77. The molecule has 4 N–H and O–H groups in total. The van der Waals surface area contributed by atoms with Crippen LogP contribution in [-0.2, 0) is 11.3 Å². The maximum atomic E-state index is 13.0. The van der Waals surface area contributed by atoms with Crippen molar-refractivity contribution in [3.63, 3.8) is 0 Å². The van der Waals surface area contributed by atoms with Crippen molar-refractivity contribution in [3.05, 3.63) is 83.4 Å². The van der Waals surface area contributed by atoms with E-state index in [0.717, 1.165) is 22.4 Å². The van der Waals surface area contributed by atoms with Gasteiger partial charge in [0.05, 0.1) is 31.2 Å². The fourth-order valence-electron chi connectivity index (χ4n) is 3.50. The average molecular weight is 401 g/mol. The molecule has 152 valence electrons. The second-order valence-corrected chi connectivity index (χ2v) is 6.85. The molecule has 0 atom stereocenters. The Morgan fingerprint density at radius 2 is 1.63 bits per heavy atom. The molecule has 0 aromatic heterocycles. The van der Waals surface area contributed by atoms with E-state index in [0.29, 0.717) is 35.0 Å². The maximum absolute atomic E-state index is 13.0. The minimum Gasteiger partial charge on any atom is -0.493 e. The van der Waals surface area contributed by atoms with Crippen LogP contribution in [0, 0.1) is 0 Å². The van der Waals surface area contributed by atoms with Crippen molar-refractivity contribution >= 4 is 28.6 Å². The summed E-state index contributed by atoms with van der Waals surface area (Å²) >= 11 is 0. The van der Waals surface area contributed by atoms with Gasteiger partial charge in [0.1, 0.15) is 0 Å². The molecule has 1 heterocycles. The highest BCUT2D eigenvalue weighted by atomic mass is 16.5. The second kappa shape index (κ2) is 8.31. The lowest BCUT2D eigenvalue weighted by Gasteiger charge is -2.16. The Bertz CT molecular complexity index is 1110. The van der Waals surface area contributed by atoms with Gasteiger partial charge in [0.15, 0.2) is 11.5 Å². The summed E-state index contributed by atoms with van der Waals surface area (Å²) in [6.07, 6.45) is 0. The lowest BCUT2D eigenvalue weighted by atomic mass is 9.99. The standard InChI is InChI=1S/C24H23N3O3/c1-29-20-12-18-19(13-21(20)30-2)27-24(28)22(18)23(16-6-4-3-5-7-16)26-17-10-8-15(14-25)9-11-17/h3-13,26H,14,25H2,1-2H3,(H,27,28)/b23-22-. The molecule has 1 aliphatic rings. The van der Waals surface area contributed by atoms with E-state index in [4.69, 9.17) is 15.2 Å². The summed E-state index contributed by atoms with van der Waals surface area (Å²) in [5.74, 6) is 0.930. The topological polar surface area (TPSA) is 85.6 Å². The molecule has 30 heavy (non-hydrogen) atoms. The number of hydrogen-bond acceptors (Lipinski definition) is 5. The number of hydrogen-bond donors (Lipinski definition) is 3. The molecule has 0 spiro atoms. The van der Waals surface area contributed by atoms with Gasteiger partial charge >= 0.3 is 0 Å². The van der Waals surface area contributed by atoms with Crippen molar-refractivity contribution in [1.82, 2.24) is 0 Å². The molecule has 6 heteroatoms. The number of anilines is 2. The first-order chi connectivity index (χ1) is 14.6. The van der Waals surface area contributed by atoms with Gasteiger partial charge in [-0.15, -0.1) is 0 Å². The van der Waals surface area contributed by atoms with E-state index in [-0.39, 0.29) is 5.91 Å². The van der Waals surface area contributed by atoms with E-state index in [1.54, 1.807) is 20.3 Å². The molecule has 0 bridgehead atoms. The van der Waals surface area contributed by atoms with Crippen molar-refractivity contribution in [1.29, 1.82) is 0 Å². The lowest BCUT2D eigenvalue weighted by molar-refractivity contribution is -0.110.